The first-order chi connectivity index (χ1) is 12.6. The van der Waals surface area contributed by atoms with Crippen LogP contribution in [0.1, 0.15) is 35.2 Å². The number of aromatic nitrogens is 1. The fraction of sp³-hybridized carbons (Fsp3) is 0.476. The highest BCUT2D eigenvalue weighted by atomic mass is 19.1. The van der Waals surface area contributed by atoms with Crippen LogP contribution in [0.5, 0.6) is 0 Å². The van der Waals surface area contributed by atoms with Gasteiger partial charge in [-0.05, 0) is 87.6 Å². The van der Waals surface area contributed by atoms with Crippen LogP contribution in [0.15, 0.2) is 42.7 Å². The van der Waals surface area contributed by atoms with E-state index in [4.69, 9.17) is 0 Å². The molecule has 2 aromatic rings. The molecule has 5 heteroatoms. The lowest BCUT2D eigenvalue weighted by Gasteiger charge is -2.32. The van der Waals surface area contributed by atoms with Gasteiger partial charge in [-0.1, -0.05) is 0 Å². The summed E-state index contributed by atoms with van der Waals surface area (Å²) in [4.78, 5) is 14.7. The number of aryl methyl sites for hydroxylation is 2. The summed E-state index contributed by atoms with van der Waals surface area (Å²) in [6.07, 6.45) is 7.58. The Hall–Kier alpha value is -2.14. The maximum absolute atomic E-state index is 13.4. The molecule has 1 aliphatic heterocycles. The van der Waals surface area contributed by atoms with Gasteiger partial charge in [-0.25, -0.2) is 4.39 Å². The van der Waals surface area contributed by atoms with Gasteiger partial charge in [0, 0.05) is 31.0 Å². The summed E-state index contributed by atoms with van der Waals surface area (Å²) in [5.74, 6) is -0.0283. The fourth-order valence-electron chi connectivity index (χ4n) is 3.62. The summed E-state index contributed by atoms with van der Waals surface area (Å²) in [6, 6.07) is 8.58. The SMILES string of the molecule is Cc1cc(F)cc(C(=O)NCC2CCN(CCCn3cccc3)CC2)c1. The Balaban J connectivity index is 1.35. The summed E-state index contributed by atoms with van der Waals surface area (Å²) >= 11 is 0. The molecule has 2 heterocycles. The topological polar surface area (TPSA) is 37.3 Å². The molecule has 1 aromatic carbocycles. The number of nitrogens with one attached hydrogen (secondary N) is 1. The monoisotopic (exact) mass is 357 g/mol. The van der Waals surface area contributed by atoms with E-state index in [1.807, 2.05) is 0 Å². The van der Waals surface area contributed by atoms with E-state index >= 15 is 0 Å². The minimum atomic E-state index is -0.358. The molecule has 1 aromatic heterocycles. The zero-order valence-electron chi connectivity index (χ0n) is 15.5. The van der Waals surface area contributed by atoms with Gasteiger partial charge in [0.05, 0.1) is 0 Å². The van der Waals surface area contributed by atoms with Crippen molar-refractivity contribution in [3.8, 4) is 0 Å². The first kappa shape index (κ1) is 18.6. The molecule has 3 rings (SSSR count). The van der Waals surface area contributed by atoms with Crippen molar-refractivity contribution < 1.29 is 9.18 Å². The molecule has 0 radical (unpaired) electrons. The van der Waals surface area contributed by atoms with Crippen LogP contribution in [-0.4, -0.2) is 41.6 Å². The van der Waals surface area contributed by atoms with Crippen molar-refractivity contribution in [1.82, 2.24) is 14.8 Å². The second-order valence-electron chi connectivity index (χ2n) is 7.29. The lowest BCUT2D eigenvalue weighted by molar-refractivity contribution is 0.0935. The maximum Gasteiger partial charge on any atom is 0.251 e. The van der Waals surface area contributed by atoms with E-state index < -0.39 is 0 Å². The van der Waals surface area contributed by atoms with Gasteiger partial charge in [0.15, 0.2) is 0 Å². The minimum absolute atomic E-state index is 0.179. The Kier molecular flexibility index (Phi) is 6.45. The summed E-state index contributed by atoms with van der Waals surface area (Å²) in [6.45, 7) is 6.84. The quantitative estimate of drug-likeness (QED) is 0.824. The normalized spacial score (nSPS) is 15.9. The molecule has 4 nitrogen and oxygen atoms in total. The van der Waals surface area contributed by atoms with Crippen LogP contribution in [0.4, 0.5) is 4.39 Å². The fourth-order valence-corrected chi connectivity index (χ4v) is 3.62. The van der Waals surface area contributed by atoms with E-state index in [0.29, 0.717) is 18.0 Å². The van der Waals surface area contributed by atoms with Gasteiger partial charge < -0.3 is 14.8 Å². The second kappa shape index (κ2) is 8.99. The summed E-state index contributed by atoms with van der Waals surface area (Å²) in [7, 11) is 0. The third kappa shape index (κ3) is 5.43. The largest absolute Gasteiger partial charge is 0.354 e. The number of benzene rings is 1. The molecule has 0 spiro atoms. The zero-order valence-corrected chi connectivity index (χ0v) is 15.5. The number of nitrogens with zero attached hydrogens (tertiary/aromatic N) is 2. The molecule has 1 N–H and O–H groups in total. The number of piperidine rings is 1. The van der Waals surface area contributed by atoms with E-state index in [0.717, 1.165) is 51.0 Å². The number of hydrogen-bond donors (Lipinski definition) is 1. The van der Waals surface area contributed by atoms with Gasteiger partial charge >= 0.3 is 0 Å². The Bertz CT molecular complexity index is 686. The number of rotatable bonds is 7. The average Bonchev–Trinajstić information content (AvgIpc) is 3.13. The van der Waals surface area contributed by atoms with E-state index in [9.17, 15) is 9.18 Å². The molecule has 0 unspecified atom stereocenters. The van der Waals surface area contributed by atoms with Crippen LogP contribution in [0, 0.1) is 18.7 Å². The first-order valence-corrected chi connectivity index (χ1v) is 9.48. The van der Waals surface area contributed by atoms with Crippen molar-refractivity contribution in [2.75, 3.05) is 26.2 Å². The smallest absolute Gasteiger partial charge is 0.251 e. The van der Waals surface area contributed by atoms with Crippen LogP contribution in [0.3, 0.4) is 0 Å². The van der Waals surface area contributed by atoms with Gasteiger partial charge in [0.25, 0.3) is 5.91 Å². The van der Waals surface area contributed by atoms with Crippen molar-refractivity contribution >= 4 is 5.91 Å². The highest BCUT2D eigenvalue weighted by Gasteiger charge is 2.19. The Morgan fingerprint density at radius 1 is 1.15 bits per heavy atom. The molecular weight excluding hydrogens is 329 g/mol. The van der Waals surface area contributed by atoms with Gasteiger partial charge in [-0.2, -0.15) is 0 Å². The van der Waals surface area contributed by atoms with Crippen molar-refractivity contribution in [3.05, 3.63) is 59.7 Å². The van der Waals surface area contributed by atoms with Gasteiger partial charge in [0.1, 0.15) is 5.82 Å². The van der Waals surface area contributed by atoms with Crippen LogP contribution < -0.4 is 5.32 Å². The highest BCUT2D eigenvalue weighted by Crippen LogP contribution is 2.17. The summed E-state index contributed by atoms with van der Waals surface area (Å²) in [5, 5.41) is 2.97. The Labute approximate surface area is 155 Å². The number of hydrogen-bond acceptors (Lipinski definition) is 2. The van der Waals surface area contributed by atoms with Crippen molar-refractivity contribution in [2.45, 2.75) is 32.7 Å². The van der Waals surface area contributed by atoms with Crippen LogP contribution in [0.2, 0.25) is 0 Å². The number of halogens is 1. The molecular formula is C21H28FN3O. The first-order valence-electron chi connectivity index (χ1n) is 9.48. The van der Waals surface area contributed by atoms with Crippen molar-refractivity contribution in [3.63, 3.8) is 0 Å². The van der Waals surface area contributed by atoms with Gasteiger partial charge in [0.2, 0.25) is 0 Å². The molecule has 1 fully saturated rings. The minimum Gasteiger partial charge on any atom is -0.354 e. The molecule has 140 valence electrons. The molecule has 1 aliphatic rings. The predicted octanol–water partition coefficient (Wildman–Crippen LogP) is 3.47. The van der Waals surface area contributed by atoms with Crippen LogP contribution in [-0.2, 0) is 6.54 Å². The lowest BCUT2D eigenvalue weighted by atomic mass is 9.96. The predicted molar refractivity (Wildman–Crippen MR) is 102 cm³/mol. The standard InChI is InChI=1S/C21H28FN3O/c1-17-13-19(15-20(22)14-17)21(26)23-16-18-5-11-25(12-6-18)10-4-9-24-7-2-3-8-24/h2-3,7-8,13-15,18H,4-6,9-12,16H2,1H3,(H,23,26). The van der Waals surface area contributed by atoms with E-state index in [1.165, 1.54) is 12.1 Å². The number of carbonyl (C=O) groups is 1. The average molecular weight is 357 g/mol. The molecule has 26 heavy (non-hydrogen) atoms. The molecule has 0 saturated carbocycles. The molecule has 0 aliphatic carbocycles. The molecule has 1 amide bonds. The number of amides is 1. The summed E-state index contributed by atoms with van der Waals surface area (Å²) in [5.41, 5.74) is 1.17. The van der Waals surface area contributed by atoms with Crippen LogP contribution >= 0.6 is 0 Å². The number of carbonyl (C=O) groups excluding carboxylic acids is 1. The number of likely N-dealkylation sites (tertiary alicyclic amines) is 1. The van der Waals surface area contributed by atoms with E-state index in [2.05, 4.69) is 39.3 Å². The lowest BCUT2D eigenvalue weighted by Crippen LogP contribution is -2.39. The van der Waals surface area contributed by atoms with Crippen LogP contribution in [0.25, 0.3) is 0 Å². The van der Waals surface area contributed by atoms with Crippen molar-refractivity contribution in [1.29, 1.82) is 0 Å². The molecule has 0 atom stereocenters. The zero-order chi connectivity index (χ0) is 18.4. The Morgan fingerprint density at radius 2 is 1.88 bits per heavy atom. The Morgan fingerprint density at radius 3 is 2.58 bits per heavy atom. The van der Waals surface area contributed by atoms with Gasteiger partial charge in [-0.3, -0.25) is 4.79 Å². The molecule has 0 bridgehead atoms. The maximum atomic E-state index is 13.4. The second-order valence-corrected chi connectivity index (χ2v) is 7.29. The van der Waals surface area contributed by atoms with Gasteiger partial charge in [-0.15, -0.1) is 0 Å². The van der Waals surface area contributed by atoms with E-state index in [-0.39, 0.29) is 11.7 Å². The third-order valence-electron chi connectivity index (χ3n) is 5.12. The molecule has 1 saturated heterocycles. The van der Waals surface area contributed by atoms with Crippen molar-refractivity contribution in [2.24, 2.45) is 5.92 Å². The summed E-state index contributed by atoms with van der Waals surface area (Å²) < 4.78 is 15.6. The highest BCUT2D eigenvalue weighted by molar-refractivity contribution is 5.94. The van der Waals surface area contributed by atoms with E-state index in [1.54, 1.807) is 13.0 Å². The third-order valence-corrected chi connectivity index (χ3v) is 5.12.